The van der Waals surface area contributed by atoms with Crippen LogP contribution >= 0.6 is 0 Å². The standard InChI is InChI=1S/C13H20N2O4/c1-13(2,3)6-9(7-14)8-15-10(11(16)18-4)12(17)19-5/h8-10H,6H2,1-5H3. The van der Waals surface area contributed by atoms with Gasteiger partial charge in [0.15, 0.2) is 0 Å². The first kappa shape index (κ1) is 17.1. The van der Waals surface area contributed by atoms with E-state index in [1.165, 1.54) is 6.21 Å². The van der Waals surface area contributed by atoms with E-state index in [4.69, 9.17) is 5.26 Å². The van der Waals surface area contributed by atoms with Gasteiger partial charge in [-0.25, -0.2) is 9.59 Å². The molecule has 0 aliphatic carbocycles. The number of rotatable bonds is 5. The summed E-state index contributed by atoms with van der Waals surface area (Å²) in [5.74, 6) is -2.09. The second-order valence-electron chi connectivity index (χ2n) is 5.25. The summed E-state index contributed by atoms with van der Waals surface area (Å²) in [6, 6.07) is 0.705. The van der Waals surface area contributed by atoms with E-state index in [1.54, 1.807) is 0 Å². The molecule has 0 rings (SSSR count). The molecule has 0 saturated heterocycles. The zero-order valence-corrected chi connectivity index (χ0v) is 12.0. The summed E-state index contributed by atoms with van der Waals surface area (Å²) in [7, 11) is 2.31. The van der Waals surface area contributed by atoms with E-state index in [2.05, 4.69) is 20.5 Å². The number of nitriles is 1. The van der Waals surface area contributed by atoms with Gasteiger partial charge in [0.2, 0.25) is 6.04 Å². The van der Waals surface area contributed by atoms with Crippen molar-refractivity contribution in [1.29, 1.82) is 5.26 Å². The van der Waals surface area contributed by atoms with Gasteiger partial charge in [-0.2, -0.15) is 5.26 Å². The Bertz CT molecular complexity index is 374. The van der Waals surface area contributed by atoms with E-state index in [0.29, 0.717) is 6.42 Å². The molecular formula is C13H20N2O4. The summed E-state index contributed by atoms with van der Waals surface area (Å²) >= 11 is 0. The van der Waals surface area contributed by atoms with Crippen molar-refractivity contribution >= 4 is 18.2 Å². The summed E-state index contributed by atoms with van der Waals surface area (Å²) in [5.41, 5.74) is -0.0571. The third kappa shape index (κ3) is 6.55. The lowest BCUT2D eigenvalue weighted by Crippen LogP contribution is -2.31. The van der Waals surface area contributed by atoms with Crippen molar-refractivity contribution in [3.8, 4) is 6.07 Å². The quantitative estimate of drug-likeness (QED) is 0.426. The lowest BCUT2D eigenvalue weighted by molar-refractivity contribution is -0.153. The normalized spacial score (nSPS) is 13.1. The highest BCUT2D eigenvalue weighted by molar-refractivity contribution is 6.00. The lowest BCUT2D eigenvalue weighted by atomic mass is 9.86. The summed E-state index contributed by atoms with van der Waals surface area (Å²) in [6.07, 6.45) is 1.88. The van der Waals surface area contributed by atoms with Crippen molar-refractivity contribution in [3.63, 3.8) is 0 Å². The molecular weight excluding hydrogens is 248 g/mol. The molecule has 0 amide bonds. The second kappa shape index (κ2) is 7.52. The molecule has 0 heterocycles. The minimum absolute atomic E-state index is 0.0571. The van der Waals surface area contributed by atoms with Gasteiger partial charge in [0.05, 0.1) is 26.2 Å². The van der Waals surface area contributed by atoms with Crippen molar-refractivity contribution in [3.05, 3.63) is 0 Å². The Hall–Kier alpha value is -1.90. The van der Waals surface area contributed by atoms with E-state index in [9.17, 15) is 9.59 Å². The van der Waals surface area contributed by atoms with Crippen LogP contribution in [0.3, 0.4) is 0 Å². The smallest absolute Gasteiger partial charge is 0.342 e. The van der Waals surface area contributed by atoms with Crippen molar-refractivity contribution < 1.29 is 19.1 Å². The summed E-state index contributed by atoms with van der Waals surface area (Å²) < 4.78 is 8.93. The number of hydrogen-bond acceptors (Lipinski definition) is 6. The van der Waals surface area contributed by atoms with Crippen LogP contribution in [0.5, 0.6) is 0 Å². The van der Waals surface area contributed by atoms with Crippen LogP contribution in [0, 0.1) is 22.7 Å². The zero-order chi connectivity index (χ0) is 15.1. The van der Waals surface area contributed by atoms with Gasteiger partial charge in [-0.1, -0.05) is 20.8 Å². The molecule has 0 aromatic carbocycles. The fourth-order valence-electron chi connectivity index (χ4n) is 1.42. The molecule has 0 radical (unpaired) electrons. The number of nitrogens with zero attached hydrogens (tertiary/aromatic N) is 2. The molecule has 0 bridgehead atoms. The Morgan fingerprint density at radius 1 is 1.26 bits per heavy atom. The Balaban J connectivity index is 4.91. The fourth-order valence-corrected chi connectivity index (χ4v) is 1.42. The number of carbonyl (C=O) groups is 2. The van der Waals surface area contributed by atoms with Crippen LogP contribution in [-0.2, 0) is 19.1 Å². The first-order valence-electron chi connectivity index (χ1n) is 5.83. The predicted molar refractivity (Wildman–Crippen MR) is 69.5 cm³/mol. The van der Waals surface area contributed by atoms with E-state index in [-0.39, 0.29) is 5.41 Å². The van der Waals surface area contributed by atoms with Gasteiger partial charge in [-0.05, 0) is 11.8 Å². The maximum Gasteiger partial charge on any atom is 0.342 e. The molecule has 6 heteroatoms. The summed E-state index contributed by atoms with van der Waals surface area (Å²) in [6.45, 7) is 5.97. The van der Waals surface area contributed by atoms with Crippen LogP contribution in [-0.4, -0.2) is 38.4 Å². The van der Waals surface area contributed by atoms with E-state index in [1.807, 2.05) is 20.8 Å². The minimum Gasteiger partial charge on any atom is -0.467 e. The molecule has 0 fully saturated rings. The highest BCUT2D eigenvalue weighted by Crippen LogP contribution is 2.23. The predicted octanol–water partition coefficient (Wildman–Crippen LogP) is 1.35. The first-order chi connectivity index (χ1) is 8.75. The molecule has 0 aromatic rings. The van der Waals surface area contributed by atoms with Crippen molar-refractivity contribution in [1.82, 2.24) is 0 Å². The average molecular weight is 268 g/mol. The monoisotopic (exact) mass is 268 g/mol. The Morgan fingerprint density at radius 3 is 2.05 bits per heavy atom. The van der Waals surface area contributed by atoms with Crippen molar-refractivity contribution in [2.24, 2.45) is 16.3 Å². The van der Waals surface area contributed by atoms with E-state index in [0.717, 1.165) is 14.2 Å². The number of aliphatic imine (C=N–C) groups is 1. The number of hydrogen-bond donors (Lipinski definition) is 0. The Morgan fingerprint density at radius 2 is 1.74 bits per heavy atom. The van der Waals surface area contributed by atoms with Crippen molar-refractivity contribution in [2.45, 2.75) is 33.2 Å². The number of ether oxygens (including phenoxy) is 2. The first-order valence-corrected chi connectivity index (χ1v) is 5.83. The van der Waals surface area contributed by atoms with Gasteiger partial charge in [0.1, 0.15) is 0 Å². The molecule has 1 unspecified atom stereocenters. The number of methoxy groups -OCH3 is 2. The van der Waals surface area contributed by atoms with Gasteiger partial charge in [-0.3, -0.25) is 4.99 Å². The van der Waals surface area contributed by atoms with Gasteiger partial charge < -0.3 is 9.47 Å². The van der Waals surface area contributed by atoms with Crippen LogP contribution in [0.4, 0.5) is 0 Å². The molecule has 0 N–H and O–H groups in total. The largest absolute Gasteiger partial charge is 0.467 e. The van der Waals surface area contributed by atoms with Gasteiger partial charge in [0.25, 0.3) is 0 Å². The maximum absolute atomic E-state index is 11.4. The average Bonchev–Trinajstić information content (AvgIpc) is 2.35. The summed E-state index contributed by atoms with van der Waals surface area (Å²) in [5, 5.41) is 9.02. The topological polar surface area (TPSA) is 88.8 Å². The molecule has 0 spiro atoms. The molecule has 1 atom stereocenters. The summed E-state index contributed by atoms with van der Waals surface area (Å²) in [4.78, 5) is 26.6. The highest BCUT2D eigenvalue weighted by Gasteiger charge is 2.28. The van der Waals surface area contributed by atoms with Crippen LogP contribution in [0.2, 0.25) is 0 Å². The Labute approximate surface area is 113 Å². The van der Waals surface area contributed by atoms with Gasteiger partial charge in [-0.15, -0.1) is 0 Å². The van der Waals surface area contributed by atoms with Crippen LogP contribution < -0.4 is 0 Å². The molecule has 6 nitrogen and oxygen atoms in total. The molecule has 0 aromatic heterocycles. The third-order valence-corrected chi connectivity index (χ3v) is 2.26. The zero-order valence-electron chi connectivity index (χ0n) is 12.0. The fraction of sp³-hybridized carbons (Fsp3) is 0.692. The molecule has 0 saturated carbocycles. The third-order valence-electron chi connectivity index (χ3n) is 2.26. The number of carbonyl (C=O) groups excluding carboxylic acids is 2. The number of esters is 2. The van der Waals surface area contributed by atoms with Crippen LogP contribution in [0.1, 0.15) is 27.2 Å². The van der Waals surface area contributed by atoms with E-state index >= 15 is 0 Å². The van der Waals surface area contributed by atoms with Crippen molar-refractivity contribution in [2.75, 3.05) is 14.2 Å². The van der Waals surface area contributed by atoms with Crippen LogP contribution in [0.15, 0.2) is 4.99 Å². The van der Waals surface area contributed by atoms with E-state index < -0.39 is 23.9 Å². The molecule has 19 heavy (non-hydrogen) atoms. The molecule has 0 aliphatic heterocycles. The molecule has 106 valence electrons. The van der Waals surface area contributed by atoms with Gasteiger partial charge >= 0.3 is 11.9 Å². The SMILES string of the molecule is COC(=O)C(N=CC(C#N)CC(C)(C)C)C(=O)OC. The maximum atomic E-state index is 11.4. The van der Waals surface area contributed by atoms with Crippen LogP contribution in [0.25, 0.3) is 0 Å². The van der Waals surface area contributed by atoms with Gasteiger partial charge in [0, 0.05) is 6.21 Å². The lowest BCUT2D eigenvalue weighted by Gasteiger charge is -2.19. The molecule has 0 aliphatic rings. The Kier molecular flexibility index (Phi) is 6.76. The minimum atomic E-state index is -1.37. The highest BCUT2D eigenvalue weighted by atomic mass is 16.5. The second-order valence-corrected chi connectivity index (χ2v) is 5.25.